The van der Waals surface area contributed by atoms with E-state index in [2.05, 4.69) is 10.3 Å². The van der Waals surface area contributed by atoms with E-state index in [0.29, 0.717) is 12.3 Å². The van der Waals surface area contributed by atoms with E-state index in [0.717, 1.165) is 33.8 Å². The van der Waals surface area contributed by atoms with Crippen LogP contribution in [0.4, 0.5) is 0 Å². The molecular formula is C16H16ClN3O2S. The van der Waals surface area contributed by atoms with Crippen molar-refractivity contribution in [2.24, 2.45) is 5.73 Å². The Balaban J connectivity index is 0.00000156. The number of thiazole rings is 1. The summed E-state index contributed by atoms with van der Waals surface area (Å²) in [6.45, 7) is 0.350. The Morgan fingerprint density at radius 1 is 1.30 bits per heavy atom. The van der Waals surface area contributed by atoms with Crippen LogP contribution in [0.1, 0.15) is 18.6 Å². The maximum Gasteiger partial charge on any atom is 0.240 e. The lowest BCUT2D eigenvalue weighted by atomic mass is 10.2. The number of furan rings is 1. The first-order valence-corrected chi connectivity index (χ1v) is 7.98. The molecule has 3 aromatic rings. The van der Waals surface area contributed by atoms with Crippen molar-refractivity contribution in [3.8, 4) is 10.8 Å². The third-order valence-electron chi connectivity index (χ3n) is 3.83. The van der Waals surface area contributed by atoms with Crippen LogP contribution in [0.5, 0.6) is 0 Å². The highest BCUT2D eigenvalue weighted by Crippen LogP contribution is 2.33. The highest BCUT2D eigenvalue weighted by atomic mass is 35.5. The quantitative estimate of drug-likeness (QED) is 0.758. The summed E-state index contributed by atoms with van der Waals surface area (Å²) in [6.07, 6.45) is 1.52. The molecule has 1 fully saturated rings. The Kier molecular flexibility index (Phi) is 4.14. The van der Waals surface area contributed by atoms with Gasteiger partial charge in [-0.1, -0.05) is 12.1 Å². The second-order valence-electron chi connectivity index (χ2n) is 5.59. The van der Waals surface area contributed by atoms with Crippen molar-refractivity contribution in [3.05, 3.63) is 42.2 Å². The maximum atomic E-state index is 11.8. The van der Waals surface area contributed by atoms with E-state index in [1.807, 2.05) is 36.4 Å². The molecule has 4 rings (SSSR count). The number of benzene rings is 1. The van der Waals surface area contributed by atoms with Gasteiger partial charge in [0.1, 0.15) is 5.76 Å². The molecule has 1 aliphatic rings. The average molecular weight is 350 g/mol. The molecule has 3 N–H and O–H groups in total. The maximum absolute atomic E-state index is 11.8. The summed E-state index contributed by atoms with van der Waals surface area (Å²) in [5.41, 5.74) is 6.16. The molecular weight excluding hydrogens is 334 g/mol. The number of carbonyl (C=O) groups is 1. The molecule has 7 heteroatoms. The van der Waals surface area contributed by atoms with E-state index in [9.17, 15) is 4.79 Å². The molecule has 1 aromatic carbocycles. The number of hydrogen-bond donors (Lipinski definition) is 2. The van der Waals surface area contributed by atoms with Gasteiger partial charge in [0.15, 0.2) is 10.8 Å². The molecule has 2 aromatic heterocycles. The van der Waals surface area contributed by atoms with E-state index in [1.165, 1.54) is 0 Å². The zero-order valence-corrected chi connectivity index (χ0v) is 13.9. The van der Waals surface area contributed by atoms with Crippen molar-refractivity contribution in [2.75, 3.05) is 0 Å². The molecule has 120 valence electrons. The molecule has 0 radical (unpaired) electrons. The van der Waals surface area contributed by atoms with Crippen LogP contribution < -0.4 is 11.1 Å². The van der Waals surface area contributed by atoms with Crippen molar-refractivity contribution in [3.63, 3.8) is 0 Å². The van der Waals surface area contributed by atoms with Gasteiger partial charge in [0, 0.05) is 0 Å². The number of para-hydroxylation sites is 1. The average Bonchev–Trinajstić information content (AvgIpc) is 2.98. The third kappa shape index (κ3) is 3.10. The second kappa shape index (κ2) is 5.96. The molecule has 0 bridgehead atoms. The van der Waals surface area contributed by atoms with Crippen LogP contribution in [0.3, 0.4) is 0 Å². The van der Waals surface area contributed by atoms with Crippen molar-refractivity contribution in [1.29, 1.82) is 0 Å². The van der Waals surface area contributed by atoms with Gasteiger partial charge in [-0.25, -0.2) is 4.98 Å². The number of fused-ring (bicyclic) bond motifs is 1. The number of halogens is 1. The second-order valence-corrected chi connectivity index (χ2v) is 6.62. The molecule has 0 atom stereocenters. The lowest BCUT2D eigenvalue weighted by Gasteiger charge is -2.08. The van der Waals surface area contributed by atoms with Gasteiger partial charge in [-0.2, -0.15) is 0 Å². The first-order valence-electron chi connectivity index (χ1n) is 7.16. The van der Waals surface area contributed by atoms with E-state index in [-0.39, 0.29) is 18.3 Å². The van der Waals surface area contributed by atoms with Crippen LogP contribution in [0.25, 0.3) is 21.0 Å². The zero-order chi connectivity index (χ0) is 15.2. The summed E-state index contributed by atoms with van der Waals surface area (Å²) in [7, 11) is 0. The summed E-state index contributed by atoms with van der Waals surface area (Å²) < 4.78 is 6.90. The van der Waals surface area contributed by atoms with Crippen molar-refractivity contribution >= 4 is 39.9 Å². The van der Waals surface area contributed by atoms with Gasteiger partial charge in [-0.3, -0.25) is 4.79 Å². The van der Waals surface area contributed by atoms with E-state index < -0.39 is 5.54 Å². The van der Waals surface area contributed by atoms with Gasteiger partial charge in [-0.05, 0) is 37.1 Å². The lowest BCUT2D eigenvalue weighted by Crippen LogP contribution is -2.42. The highest BCUT2D eigenvalue weighted by molar-refractivity contribution is 7.21. The number of nitrogens with two attached hydrogens (primary N) is 1. The molecule has 1 saturated carbocycles. The Hall–Kier alpha value is -1.89. The normalized spacial score (nSPS) is 15.2. The molecule has 1 amide bonds. The highest BCUT2D eigenvalue weighted by Gasteiger charge is 2.45. The van der Waals surface area contributed by atoms with Crippen LogP contribution in [0.2, 0.25) is 0 Å². The van der Waals surface area contributed by atoms with Gasteiger partial charge in [-0.15, -0.1) is 23.7 Å². The van der Waals surface area contributed by atoms with Crippen LogP contribution >= 0.6 is 23.7 Å². The summed E-state index contributed by atoms with van der Waals surface area (Å²) in [5.74, 6) is 1.32. The molecule has 0 saturated heterocycles. The zero-order valence-electron chi connectivity index (χ0n) is 12.2. The third-order valence-corrected chi connectivity index (χ3v) is 4.88. The first-order chi connectivity index (χ1) is 10.6. The largest absolute Gasteiger partial charge is 0.457 e. The van der Waals surface area contributed by atoms with Gasteiger partial charge in [0.05, 0.1) is 22.3 Å². The Morgan fingerprint density at radius 3 is 2.83 bits per heavy atom. The summed E-state index contributed by atoms with van der Waals surface area (Å²) in [4.78, 5) is 16.4. The van der Waals surface area contributed by atoms with E-state index in [1.54, 1.807) is 11.3 Å². The van der Waals surface area contributed by atoms with Crippen molar-refractivity contribution in [2.45, 2.75) is 24.9 Å². The van der Waals surface area contributed by atoms with E-state index in [4.69, 9.17) is 10.2 Å². The monoisotopic (exact) mass is 349 g/mol. The summed E-state index contributed by atoms with van der Waals surface area (Å²) in [5, 5.41) is 3.66. The molecule has 0 spiro atoms. The SMILES string of the molecule is Cl.NC1(C(=O)NCc2ccc(-c3nc4ccccc4s3)o2)CC1. The fourth-order valence-corrected chi connectivity index (χ4v) is 3.20. The fourth-order valence-electron chi connectivity index (χ4n) is 2.27. The molecule has 0 unspecified atom stereocenters. The smallest absolute Gasteiger partial charge is 0.240 e. The topological polar surface area (TPSA) is 81.2 Å². The van der Waals surface area contributed by atoms with Crippen LogP contribution in [0, 0.1) is 0 Å². The number of amides is 1. The van der Waals surface area contributed by atoms with Gasteiger partial charge < -0.3 is 15.5 Å². The number of nitrogens with one attached hydrogen (secondary N) is 1. The number of rotatable bonds is 4. The number of aromatic nitrogens is 1. The molecule has 1 aliphatic carbocycles. The van der Waals surface area contributed by atoms with Gasteiger partial charge in [0.25, 0.3) is 0 Å². The van der Waals surface area contributed by atoms with Crippen molar-refractivity contribution in [1.82, 2.24) is 10.3 Å². The van der Waals surface area contributed by atoms with E-state index >= 15 is 0 Å². The standard InChI is InChI=1S/C16H15N3O2S.ClH/c17-16(7-8-16)15(20)18-9-10-5-6-12(21-10)14-19-11-3-1-2-4-13(11)22-14;/h1-6H,7-9,17H2,(H,18,20);1H. The van der Waals surface area contributed by atoms with Crippen LogP contribution in [-0.2, 0) is 11.3 Å². The minimum atomic E-state index is -0.650. The summed E-state index contributed by atoms with van der Waals surface area (Å²) in [6, 6.07) is 11.7. The summed E-state index contributed by atoms with van der Waals surface area (Å²) >= 11 is 1.59. The molecule has 23 heavy (non-hydrogen) atoms. The number of hydrogen-bond acceptors (Lipinski definition) is 5. The molecule has 0 aliphatic heterocycles. The predicted octanol–water partition coefficient (Wildman–Crippen LogP) is 3.09. The molecule has 5 nitrogen and oxygen atoms in total. The number of carbonyl (C=O) groups excluding carboxylic acids is 1. The Morgan fingerprint density at radius 2 is 2.09 bits per heavy atom. The minimum absolute atomic E-state index is 0. The minimum Gasteiger partial charge on any atom is -0.457 e. The van der Waals surface area contributed by atoms with Gasteiger partial charge in [0.2, 0.25) is 5.91 Å². The first kappa shape index (κ1) is 16.0. The van der Waals surface area contributed by atoms with Crippen LogP contribution in [0.15, 0.2) is 40.8 Å². The van der Waals surface area contributed by atoms with Crippen molar-refractivity contribution < 1.29 is 9.21 Å². The fraction of sp³-hybridized carbons (Fsp3) is 0.250. The molecule has 2 heterocycles. The van der Waals surface area contributed by atoms with Crippen LogP contribution in [-0.4, -0.2) is 16.4 Å². The Labute approximate surface area is 143 Å². The predicted molar refractivity (Wildman–Crippen MR) is 92.6 cm³/mol. The number of nitrogens with zero attached hydrogens (tertiary/aromatic N) is 1. The van der Waals surface area contributed by atoms with Gasteiger partial charge >= 0.3 is 0 Å². The Bertz CT molecular complexity index is 821. The lowest BCUT2D eigenvalue weighted by molar-refractivity contribution is -0.123.